The van der Waals surface area contributed by atoms with Crippen LogP contribution < -0.4 is 10.2 Å². The first-order valence-electron chi connectivity index (χ1n) is 8.72. The summed E-state index contributed by atoms with van der Waals surface area (Å²) in [5.74, 6) is 0.782. The second-order valence-corrected chi connectivity index (χ2v) is 6.55. The molecule has 0 aliphatic heterocycles. The fraction of sp³-hybridized carbons (Fsp3) is 0.526. The highest BCUT2D eigenvalue weighted by atomic mass is 16.6. The number of hydrogen-bond acceptors (Lipinski definition) is 4. The zero-order valence-corrected chi connectivity index (χ0v) is 15.7. The van der Waals surface area contributed by atoms with E-state index in [9.17, 15) is 0 Å². The summed E-state index contributed by atoms with van der Waals surface area (Å²) < 4.78 is 17.7. The van der Waals surface area contributed by atoms with Crippen LogP contribution in [0.4, 0.5) is 0 Å². The van der Waals surface area contributed by atoms with Crippen LogP contribution in [0.25, 0.3) is 10.9 Å². The molecule has 5 heteroatoms. The van der Waals surface area contributed by atoms with Gasteiger partial charge in [0.2, 0.25) is 0 Å². The van der Waals surface area contributed by atoms with Crippen molar-refractivity contribution in [3.63, 3.8) is 0 Å². The number of benzene rings is 1. The summed E-state index contributed by atoms with van der Waals surface area (Å²) in [6, 6.07) is 6.24. The number of rotatable bonds is 8. The standard InChI is InChI=1S/C19H28BNO3/c1-7-19(5,6)24-20(23-9-3)17-11-14(4)10-15-12-16(22-8-2)13-21-18(15)17/h10-13H,7-9H2,1-6H3. The molecule has 2 rings (SSSR count). The Morgan fingerprint density at radius 2 is 1.83 bits per heavy atom. The van der Waals surface area contributed by atoms with Gasteiger partial charge >= 0.3 is 7.12 Å². The molecule has 0 N–H and O–H groups in total. The van der Waals surface area contributed by atoms with E-state index in [0.717, 1.165) is 34.1 Å². The number of hydrogen-bond donors (Lipinski definition) is 0. The molecule has 1 heterocycles. The summed E-state index contributed by atoms with van der Waals surface area (Å²) in [4.78, 5) is 4.61. The van der Waals surface area contributed by atoms with E-state index in [1.54, 1.807) is 6.20 Å². The Balaban J connectivity index is 2.50. The third-order valence-corrected chi connectivity index (χ3v) is 4.09. The SMILES string of the molecule is CCOB(OC(C)(C)CC)c1cc(C)cc2cc(OCC)cnc12. The van der Waals surface area contributed by atoms with Gasteiger partial charge < -0.3 is 14.0 Å². The van der Waals surface area contributed by atoms with Gasteiger partial charge in [0.05, 0.1) is 18.3 Å². The van der Waals surface area contributed by atoms with Gasteiger partial charge in [-0.25, -0.2) is 0 Å². The molecule has 4 nitrogen and oxygen atoms in total. The first-order valence-corrected chi connectivity index (χ1v) is 8.72. The van der Waals surface area contributed by atoms with Crippen molar-refractivity contribution < 1.29 is 14.0 Å². The van der Waals surface area contributed by atoms with Gasteiger partial charge in [0.25, 0.3) is 0 Å². The molecule has 0 atom stereocenters. The molecule has 0 amide bonds. The Morgan fingerprint density at radius 1 is 1.08 bits per heavy atom. The fourth-order valence-corrected chi connectivity index (χ4v) is 2.55. The maximum atomic E-state index is 6.26. The minimum atomic E-state index is -0.433. The lowest BCUT2D eigenvalue weighted by Crippen LogP contribution is -2.44. The molecule has 0 radical (unpaired) electrons. The molecule has 0 bridgehead atoms. The molecule has 0 aliphatic carbocycles. The molecule has 24 heavy (non-hydrogen) atoms. The van der Waals surface area contributed by atoms with Gasteiger partial charge in [-0.05, 0) is 53.2 Å². The summed E-state index contributed by atoms with van der Waals surface area (Å²) in [6.07, 6.45) is 2.67. The van der Waals surface area contributed by atoms with E-state index in [1.165, 1.54) is 0 Å². The van der Waals surface area contributed by atoms with Crippen molar-refractivity contribution in [1.29, 1.82) is 0 Å². The minimum Gasteiger partial charge on any atom is -0.492 e. The van der Waals surface area contributed by atoms with E-state index in [-0.39, 0.29) is 5.60 Å². The fourth-order valence-electron chi connectivity index (χ4n) is 2.55. The first-order chi connectivity index (χ1) is 11.4. The van der Waals surface area contributed by atoms with Crippen LogP contribution in [0.2, 0.25) is 0 Å². The van der Waals surface area contributed by atoms with Crippen LogP contribution in [0.5, 0.6) is 5.75 Å². The Kier molecular flexibility index (Phi) is 6.24. The monoisotopic (exact) mass is 329 g/mol. The van der Waals surface area contributed by atoms with E-state index in [0.29, 0.717) is 13.2 Å². The topological polar surface area (TPSA) is 40.6 Å². The van der Waals surface area contributed by atoms with Crippen LogP contribution in [0.15, 0.2) is 24.4 Å². The molecule has 0 saturated heterocycles. The third kappa shape index (κ3) is 4.49. The molecular weight excluding hydrogens is 301 g/mol. The number of aromatic nitrogens is 1. The minimum absolute atomic E-state index is 0.263. The zero-order valence-electron chi connectivity index (χ0n) is 15.7. The largest absolute Gasteiger partial charge is 0.496 e. The van der Waals surface area contributed by atoms with Gasteiger partial charge in [-0.15, -0.1) is 0 Å². The van der Waals surface area contributed by atoms with Crippen molar-refractivity contribution in [1.82, 2.24) is 4.98 Å². The molecule has 1 aromatic heterocycles. The van der Waals surface area contributed by atoms with Crippen LogP contribution in [-0.2, 0) is 9.31 Å². The smallest absolute Gasteiger partial charge is 0.492 e. The molecule has 0 saturated carbocycles. The average Bonchev–Trinajstić information content (AvgIpc) is 2.53. The first kappa shape index (κ1) is 18.7. The summed E-state index contributed by atoms with van der Waals surface area (Å²) in [7, 11) is -0.433. The Morgan fingerprint density at radius 3 is 2.46 bits per heavy atom. The lowest BCUT2D eigenvalue weighted by Gasteiger charge is -2.28. The number of fused-ring (bicyclic) bond motifs is 1. The number of nitrogens with zero attached hydrogens (tertiary/aromatic N) is 1. The molecule has 0 aliphatic rings. The van der Waals surface area contributed by atoms with Crippen molar-refractivity contribution in [2.45, 2.75) is 53.6 Å². The molecule has 0 fully saturated rings. The Hall–Kier alpha value is -1.59. The highest BCUT2D eigenvalue weighted by Gasteiger charge is 2.31. The quantitative estimate of drug-likeness (QED) is 0.689. The Labute approximate surface area is 145 Å². The third-order valence-electron chi connectivity index (χ3n) is 4.09. The molecule has 2 aromatic rings. The molecule has 0 unspecified atom stereocenters. The van der Waals surface area contributed by atoms with Gasteiger partial charge in [0, 0.05) is 23.1 Å². The van der Waals surface area contributed by atoms with Gasteiger partial charge in [0.1, 0.15) is 5.75 Å². The van der Waals surface area contributed by atoms with Crippen LogP contribution in [0.1, 0.15) is 46.6 Å². The number of pyridine rings is 1. The summed E-state index contributed by atoms with van der Waals surface area (Å²) in [5.41, 5.74) is 2.75. The van der Waals surface area contributed by atoms with Crippen molar-refractivity contribution in [2.24, 2.45) is 0 Å². The van der Waals surface area contributed by atoms with Gasteiger partial charge in [-0.3, -0.25) is 4.98 Å². The predicted molar refractivity (Wildman–Crippen MR) is 100 cm³/mol. The highest BCUT2D eigenvalue weighted by Crippen LogP contribution is 2.21. The molecule has 0 spiro atoms. The van der Waals surface area contributed by atoms with Gasteiger partial charge in [-0.2, -0.15) is 0 Å². The summed E-state index contributed by atoms with van der Waals surface area (Å²) in [5, 5.41) is 1.04. The number of ether oxygens (including phenoxy) is 1. The molecular formula is C19H28BNO3. The summed E-state index contributed by atoms with van der Waals surface area (Å²) >= 11 is 0. The van der Waals surface area contributed by atoms with Crippen LogP contribution in [0, 0.1) is 6.92 Å². The van der Waals surface area contributed by atoms with E-state index in [2.05, 4.69) is 44.8 Å². The maximum Gasteiger partial charge on any atom is 0.496 e. The van der Waals surface area contributed by atoms with E-state index >= 15 is 0 Å². The van der Waals surface area contributed by atoms with Crippen molar-refractivity contribution in [2.75, 3.05) is 13.2 Å². The van der Waals surface area contributed by atoms with Crippen molar-refractivity contribution in [3.05, 3.63) is 30.0 Å². The average molecular weight is 329 g/mol. The van der Waals surface area contributed by atoms with Gasteiger partial charge in [0.15, 0.2) is 0 Å². The van der Waals surface area contributed by atoms with E-state index < -0.39 is 7.12 Å². The lowest BCUT2D eigenvalue weighted by molar-refractivity contribution is 0.0707. The van der Waals surface area contributed by atoms with Crippen LogP contribution in [-0.4, -0.2) is 30.9 Å². The van der Waals surface area contributed by atoms with Gasteiger partial charge in [-0.1, -0.05) is 18.6 Å². The second-order valence-electron chi connectivity index (χ2n) is 6.55. The van der Waals surface area contributed by atoms with E-state index in [1.807, 2.05) is 19.9 Å². The summed E-state index contributed by atoms with van der Waals surface area (Å²) in [6.45, 7) is 13.5. The van der Waals surface area contributed by atoms with Crippen LogP contribution in [0.3, 0.4) is 0 Å². The second kappa shape index (κ2) is 7.99. The normalized spacial score (nSPS) is 11.8. The van der Waals surface area contributed by atoms with Crippen molar-refractivity contribution in [3.8, 4) is 5.75 Å². The van der Waals surface area contributed by atoms with Crippen LogP contribution >= 0.6 is 0 Å². The highest BCUT2D eigenvalue weighted by molar-refractivity contribution is 6.64. The molecule has 1 aromatic carbocycles. The lowest BCUT2D eigenvalue weighted by atomic mass is 9.75. The predicted octanol–water partition coefficient (Wildman–Crippen LogP) is 3.88. The Bertz CT molecular complexity index is 688. The zero-order chi connectivity index (χ0) is 17.7. The van der Waals surface area contributed by atoms with E-state index in [4.69, 9.17) is 14.0 Å². The molecule has 130 valence electrons. The number of aryl methyl sites for hydroxylation is 1. The maximum absolute atomic E-state index is 6.26. The van der Waals surface area contributed by atoms with Crippen molar-refractivity contribution >= 4 is 23.5 Å².